The van der Waals surface area contributed by atoms with Crippen LogP contribution < -0.4 is 9.47 Å². The van der Waals surface area contributed by atoms with E-state index in [9.17, 15) is 9.59 Å². The number of ether oxygens (including phenoxy) is 3. The summed E-state index contributed by atoms with van der Waals surface area (Å²) < 4.78 is 16.9. The molecular formula is C57H78O5S4. The molecule has 12 rings (SSSR count). The summed E-state index contributed by atoms with van der Waals surface area (Å²) in [7, 11) is 1.69. The van der Waals surface area contributed by atoms with E-state index < -0.39 is 0 Å². The highest BCUT2D eigenvalue weighted by Crippen LogP contribution is 2.76. The van der Waals surface area contributed by atoms with E-state index in [2.05, 4.69) is 75.5 Å². The molecule has 9 heteroatoms. The van der Waals surface area contributed by atoms with E-state index in [-0.39, 0.29) is 10.7 Å². The summed E-state index contributed by atoms with van der Waals surface area (Å²) in [6.45, 7) is 12.6. The van der Waals surface area contributed by atoms with E-state index in [1.165, 1.54) is 92.2 Å². The van der Waals surface area contributed by atoms with Gasteiger partial charge in [0.2, 0.25) is 0 Å². The minimum Gasteiger partial charge on any atom is -0.497 e. The van der Waals surface area contributed by atoms with Crippen molar-refractivity contribution in [3.05, 3.63) is 59.7 Å². The lowest BCUT2D eigenvalue weighted by Gasteiger charge is -2.43. The molecule has 10 fully saturated rings. The molecule has 2 aromatic rings. The lowest BCUT2D eigenvalue weighted by molar-refractivity contribution is -0.109. The van der Waals surface area contributed by atoms with Gasteiger partial charge in [-0.2, -0.15) is 23.5 Å². The molecule has 0 heterocycles. The summed E-state index contributed by atoms with van der Waals surface area (Å²) in [5.41, 5.74) is 2.25. The first-order chi connectivity index (χ1) is 32.0. The van der Waals surface area contributed by atoms with E-state index in [0.717, 1.165) is 125 Å². The van der Waals surface area contributed by atoms with Crippen LogP contribution in [0, 0.1) is 94.7 Å². The Hall–Kier alpha value is -1.26. The van der Waals surface area contributed by atoms with Crippen LogP contribution in [-0.4, -0.2) is 63.2 Å². The largest absolute Gasteiger partial charge is 0.497 e. The smallest absolute Gasteiger partial charge is 0.372 e. The van der Waals surface area contributed by atoms with Crippen molar-refractivity contribution in [1.29, 1.82) is 0 Å². The molecule has 360 valence electrons. The van der Waals surface area contributed by atoms with Gasteiger partial charge in [-0.3, -0.25) is 4.79 Å². The maximum Gasteiger partial charge on any atom is 0.372 e. The zero-order valence-electron chi connectivity index (χ0n) is 40.7. The Morgan fingerprint density at radius 2 is 1.11 bits per heavy atom. The van der Waals surface area contributed by atoms with E-state index >= 15 is 0 Å². The van der Waals surface area contributed by atoms with E-state index in [1.807, 2.05) is 24.3 Å². The molecule has 0 amide bonds. The molecular weight excluding hydrogens is 893 g/mol. The van der Waals surface area contributed by atoms with Gasteiger partial charge in [-0.05, 0) is 230 Å². The fourth-order valence-electron chi connectivity index (χ4n) is 18.5. The molecule has 0 saturated heterocycles. The molecule has 66 heavy (non-hydrogen) atoms. The van der Waals surface area contributed by atoms with Crippen molar-refractivity contribution in [2.45, 2.75) is 138 Å². The van der Waals surface area contributed by atoms with Gasteiger partial charge in [-0.1, -0.05) is 63.7 Å². The molecule has 10 saturated carbocycles. The standard InChI is InChI=1S/C38H50O4S2.C19H28OS2/c1-5-15-41-16-6-17-43-28-20-29-30(21-28)32-22-31(29)35-23-18-33(36(32)35)34(19-23)44-37(39)42-27-13-9-25(10-14-27)38(2,3)24-7-11-26(40-4)12-8-24;1-3-21-17-5-10-4-16(17)19-15-8-14(18(10)19)12-6-11(7-13(12)15)22-9(2)20/h7-14,23,28-36H,5-6,15-22H2,1-4H3;10-19H,3-8H2,1-2H3. The molecule has 2 aromatic carbocycles. The van der Waals surface area contributed by atoms with Crippen LogP contribution in [0.15, 0.2) is 48.5 Å². The molecule has 0 spiro atoms. The highest BCUT2D eigenvalue weighted by Gasteiger charge is 2.70. The SMILES string of the molecule is CCCOCCCSC1CC2C(C1)C1CC2C2C3CC(SC(=O)Oc4ccc(C(C)(C)c5ccc(OC)cc5)cc4)C(C3)C12.CCSC1CC2CC1C1C3CC(C4CC(SC(C)=O)CC43)C21. The molecule has 8 bridgehead atoms. The number of hydrogen-bond donors (Lipinski definition) is 0. The summed E-state index contributed by atoms with van der Waals surface area (Å²) in [6.07, 6.45) is 16.7. The Labute approximate surface area is 414 Å². The molecule has 5 nitrogen and oxygen atoms in total. The first kappa shape index (κ1) is 47.1. The maximum atomic E-state index is 13.2. The number of thioether (sulfide) groups is 4. The van der Waals surface area contributed by atoms with Crippen LogP contribution in [-0.2, 0) is 14.9 Å². The summed E-state index contributed by atoms with van der Waals surface area (Å²) in [5.74, 6) is 19.7. The molecule has 20 atom stereocenters. The average Bonchev–Trinajstić information content (AvgIpc) is 4.16. The predicted octanol–water partition coefficient (Wildman–Crippen LogP) is 14.2. The molecule has 20 unspecified atom stereocenters. The number of rotatable bonds is 15. The monoisotopic (exact) mass is 970 g/mol. The number of benzene rings is 2. The number of carbonyl (C=O) groups is 2. The third-order valence-electron chi connectivity index (χ3n) is 20.3. The van der Waals surface area contributed by atoms with E-state index in [4.69, 9.17) is 14.2 Å². The minimum atomic E-state index is -0.163. The van der Waals surface area contributed by atoms with Gasteiger partial charge in [0.15, 0.2) is 5.12 Å². The van der Waals surface area contributed by atoms with Crippen molar-refractivity contribution in [3.8, 4) is 11.5 Å². The van der Waals surface area contributed by atoms with Crippen LogP contribution >= 0.6 is 47.0 Å². The quantitative estimate of drug-likeness (QED) is 0.0986. The Balaban J connectivity index is 0.000000181. The zero-order chi connectivity index (χ0) is 45.4. The molecule has 0 aromatic heterocycles. The van der Waals surface area contributed by atoms with Gasteiger partial charge in [-0.15, -0.1) is 0 Å². The first-order valence-corrected chi connectivity index (χ1v) is 30.5. The van der Waals surface area contributed by atoms with Gasteiger partial charge < -0.3 is 14.2 Å². The molecule has 10 aliphatic rings. The Bertz CT molecular complexity index is 2040. The van der Waals surface area contributed by atoms with Gasteiger partial charge in [-0.25, -0.2) is 4.79 Å². The van der Waals surface area contributed by atoms with Crippen molar-refractivity contribution in [2.24, 2.45) is 94.7 Å². The normalized spacial score (nSPS) is 42.3. The Morgan fingerprint density at radius 3 is 1.65 bits per heavy atom. The van der Waals surface area contributed by atoms with Gasteiger partial charge in [0.25, 0.3) is 0 Å². The molecule has 10 aliphatic carbocycles. The van der Waals surface area contributed by atoms with Gasteiger partial charge in [0.1, 0.15) is 11.5 Å². The third-order valence-corrected chi connectivity index (χ3v) is 25.2. The summed E-state index contributed by atoms with van der Waals surface area (Å²) in [4.78, 5) is 24.7. The van der Waals surface area contributed by atoms with Gasteiger partial charge in [0, 0.05) is 46.6 Å². The topological polar surface area (TPSA) is 61.8 Å². The van der Waals surface area contributed by atoms with Crippen molar-refractivity contribution < 1.29 is 23.8 Å². The molecule has 0 radical (unpaired) electrons. The third kappa shape index (κ3) is 8.50. The number of fused-ring (bicyclic) bond motifs is 24. The molecule has 0 aliphatic heterocycles. The van der Waals surface area contributed by atoms with Gasteiger partial charge in [0.05, 0.1) is 7.11 Å². The Kier molecular flexibility index (Phi) is 13.8. The van der Waals surface area contributed by atoms with E-state index in [0.29, 0.717) is 27.3 Å². The van der Waals surface area contributed by atoms with Crippen LogP contribution in [0.5, 0.6) is 11.5 Å². The lowest BCUT2D eigenvalue weighted by Crippen LogP contribution is -2.39. The van der Waals surface area contributed by atoms with Crippen LogP contribution in [0.4, 0.5) is 4.79 Å². The fourth-order valence-corrected chi connectivity index (χ4v) is 23.4. The maximum absolute atomic E-state index is 13.2. The second-order valence-electron chi connectivity index (χ2n) is 23.4. The summed E-state index contributed by atoms with van der Waals surface area (Å²) >= 11 is 7.67. The second-order valence-corrected chi connectivity index (χ2v) is 29.0. The first-order valence-electron chi connectivity index (χ1n) is 26.7. The van der Waals surface area contributed by atoms with Crippen LogP contribution in [0.25, 0.3) is 0 Å². The van der Waals surface area contributed by atoms with Crippen LogP contribution in [0.3, 0.4) is 0 Å². The van der Waals surface area contributed by atoms with Crippen LogP contribution in [0.1, 0.15) is 123 Å². The van der Waals surface area contributed by atoms with Crippen molar-refractivity contribution in [2.75, 3.05) is 31.8 Å². The highest BCUT2D eigenvalue weighted by atomic mass is 32.2. The van der Waals surface area contributed by atoms with Crippen molar-refractivity contribution in [1.82, 2.24) is 0 Å². The fraction of sp³-hybridized carbons (Fsp3) is 0.754. The predicted molar refractivity (Wildman–Crippen MR) is 277 cm³/mol. The average molecular weight is 972 g/mol. The molecule has 0 N–H and O–H groups in total. The van der Waals surface area contributed by atoms with Crippen molar-refractivity contribution in [3.63, 3.8) is 0 Å². The number of methoxy groups -OCH3 is 1. The number of hydrogen-bond acceptors (Lipinski definition) is 9. The number of carbonyl (C=O) groups excluding carboxylic acids is 2. The Morgan fingerprint density at radius 1 is 0.576 bits per heavy atom. The minimum absolute atomic E-state index is 0.123. The summed E-state index contributed by atoms with van der Waals surface area (Å²) in [6, 6.07) is 16.4. The summed E-state index contributed by atoms with van der Waals surface area (Å²) in [5, 5.41) is 3.19. The van der Waals surface area contributed by atoms with E-state index in [1.54, 1.807) is 38.6 Å². The lowest BCUT2D eigenvalue weighted by atomic mass is 9.64. The zero-order valence-corrected chi connectivity index (χ0v) is 43.9. The van der Waals surface area contributed by atoms with Crippen molar-refractivity contribution >= 4 is 57.5 Å². The highest BCUT2D eigenvalue weighted by molar-refractivity contribution is 8.14. The van der Waals surface area contributed by atoms with Crippen LogP contribution in [0.2, 0.25) is 0 Å². The van der Waals surface area contributed by atoms with Gasteiger partial charge >= 0.3 is 5.30 Å². The second kappa shape index (κ2) is 19.4.